The van der Waals surface area contributed by atoms with Crippen molar-refractivity contribution >= 4 is 0 Å². The highest BCUT2D eigenvalue weighted by Crippen LogP contribution is 2.20. The largest absolute Gasteiger partial charge is 0.493 e. The Morgan fingerprint density at radius 2 is 2.00 bits per heavy atom. The second-order valence-electron chi connectivity index (χ2n) is 5.17. The first-order chi connectivity index (χ1) is 9.13. The molecule has 1 atom stereocenters. The SMILES string of the molecule is CCC(N)COCCCOc1cccc(C(C)C)c1. The Hall–Kier alpha value is -1.06. The number of benzene rings is 1. The van der Waals surface area contributed by atoms with Crippen LogP contribution < -0.4 is 10.5 Å². The molecule has 0 amide bonds. The minimum atomic E-state index is 0.156. The van der Waals surface area contributed by atoms with Gasteiger partial charge in [-0.3, -0.25) is 0 Å². The lowest BCUT2D eigenvalue weighted by molar-refractivity contribution is 0.107. The molecule has 1 aromatic carbocycles. The molecule has 0 aromatic heterocycles. The van der Waals surface area contributed by atoms with Gasteiger partial charge in [-0.15, -0.1) is 0 Å². The summed E-state index contributed by atoms with van der Waals surface area (Å²) in [5, 5.41) is 0. The summed E-state index contributed by atoms with van der Waals surface area (Å²) < 4.78 is 11.2. The van der Waals surface area contributed by atoms with Crippen LogP contribution in [0.15, 0.2) is 24.3 Å². The molecule has 0 radical (unpaired) electrons. The topological polar surface area (TPSA) is 44.5 Å². The lowest BCUT2D eigenvalue weighted by Crippen LogP contribution is -2.25. The normalized spacial score (nSPS) is 12.7. The molecular weight excluding hydrogens is 238 g/mol. The number of rotatable bonds is 9. The summed E-state index contributed by atoms with van der Waals surface area (Å²) in [6.45, 7) is 8.46. The summed E-state index contributed by atoms with van der Waals surface area (Å²) in [5.41, 5.74) is 7.08. The lowest BCUT2D eigenvalue weighted by Gasteiger charge is -2.11. The molecule has 0 saturated heterocycles. The quantitative estimate of drug-likeness (QED) is 0.696. The average molecular weight is 265 g/mol. The van der Waals surface area contributed by atoms with Crippen LogP contribution in [-0.4, -0.2) is 25.9 Å². The van der Waals surface area contributed by atoms with Crippen LogP contribution in [0.1, 0.15) is 45.1 Å². The van der Waals surface area contributed by atoms with Crippen LogP contribution >= 0.6 is 0 Å². The molecule has 3 nitrogen and oxygen atoms in total. The molecule has 0 bridgehead atoms. The fraction of sp³-hybridized carbons (Fsp3) is 0.625. The molecule has 19 heavy (non-hydrogen) atoms. The van der Waals surface area contributed by atoms with E-state index in [1.54, 1.807) is 0 Å². The van der Waals surface area contributed by atoms with Crippen LogP contribution in [0.4, 0.5) is 0 Å². The Morgan fingerprint density at radius 3 is 2.68 bits per heavy atom. The van der Waals surface area contributed by atoms with Crippen molar-refractivity contribution in [2.75, 3.05) is 19.8 Å². The second kappa shape index (κ2) is 8.94. The molecule has 0 aliphatic heterocycles. The summed E-state index contributed by atoms with van der Waals surface area (Å²) in [7, 11) is 0. The van der Waals surface area contributed by atoms with Gasteiger partial charge in [0, 0.05) is 19.1 Å². The predicted octanol–water partition coefficient (Wildman–Crippen LogP) is 3.33. The molecule has 3 heteroatoms. The molecule has 1 aromatic rings. The zero-order valence-corrected chi connectivity index (χ0v) is 12.4. The van der Waals surface area contributed by atoms with Crippen molar-refractivity contribution < 1.29 is 9.47 Å². The van der Waals surface area contributed by atoms with Gasteiger partial charge in [0.05, 0.1) is 13.2 Å². The Balaban J connectivity index is 2.17. The predicted molar refractivity (Wildman–Crippen MR) is 79.7 cm³/mol. The summed E-state index contributed by atoms with van der Waals surface area (Å²) in [4.78, 5) is 0. The molecule has 1 rings (SSSR count). The van der Waals surface area contributed by atoms with Gasteiger partial charge in [-0.05, 0) is 30.0 Å². The number of nitrogens with two attached hydrogens (primary N) is 1. The van der Waals surface area contributed by atoms with Crippen LogP contribution in [0, 0.1) is 0 Å². The van der Waals surface area contributed by atoms with Crippen LogP contribution in [0.25, 0.3) is 0 Å². The number of hydrogen-bond acceptors (Lipinski definition) is 3. The number of ether oxygens (including phenoxy) is 2. The van der Waals surface area contributed by atoms with E-state index in [4.69, 9.17) is 15.2 Å². The van der Waals surface area contributed by atoms with Crippen molar-refractivity contribution in [1.82, 2.24) is 0 Å². The maximum absolute atomic E-state index is 5.77. The Morgan fingerprint density at radius 1 is 1.21 bits per heavy atom. The van der Waals surface area contributed by atoms with Crippen molar-refractivity contribution in [3.8, 4) is 5.75 Å². The molecule has 0 fully saturated rings. The second-order valence-corrected chi connectivity index (χ2v) is 5.17. The first kappa shape index (κ1) is 16.0. The zero-order valence-electron chi connectivity index (χ0n) is 12.4. The fourth-order valence-electron chi connectivity index (χ4n) is 1.67. The van der Waals surface area contributed by atoms with Gasteiger partial charge in [-0.2, -0.15) is 0 Å². The van der Waals surface area contributed by atoms with E-state index < -0.39 is 0 Å². The first-order valence-corrected chi connectivity index (χ1v) is 7.19. The molecular formula is C16H27NO2. The minimum Gasteiger partial charge on any atom is -0.493 e. The lowest BCUT2D eigenvalue weighted by atomic mass is 10.0. The van der Waals surface area contributed by atoms with E-state index in [0.717, 1.165) is 18.6 Å². The van der Waals surface area contributed by atoms with Gasteiger partial charge in [0.1, 0.15) is 5.75 Å². The molecule has 2 N–H and O–H groups in total. The zero-order chi connectivity index (χ0) is 14.1. The van der Waals surface area contributed by atoms with Gasteiger partial charge in [0.25, 0.3) is 0 Å². The van der Waals surface area contributed by atoms with E-state index in [-0.39, 0.29) is 6.04 Å². The summed E-state index contributed by atoms with van der Waals surface area (Å²) in [5.74, 6) is 1.47. The maximum atomic E-state index is 5.77. The van der Waals surface area contributed by atoms with Gasteiger partial charge in [0.15, 0.2) is 0 Å². The Labute approximate surface area is 117 Å². The van der Waals surface area contributed by atoms with E-state index >= 15 is 0 Å². The summed E-state index contributed by atoms with van der Waals surface area (Å²) in [6.07, 6.45) is 1.85. The van der Waals surface area contributed by atoms with Crippen molar-refractivity contribution in [3.05, 3.63) is 29.8 Å². The molecule has 0 aliphatic carbocycles. The van der Waals surface area contributed by atoms with Crippen molar-refractivity contribution in [3.63, 3.8) is 0 Å². The summed E-state index contributed by atoms with van der Waals surface area (Å²) in [6, 6.07) is 8.44. The third-order valence-electron chi connectivity index (χ3n) is 3.08. The Kier molecular flexibility index (Phi) is 7.53. The van der Waals surface area contributed by atoms with Crippen LogP contribution in [0.5, 0.6) is 5.75 Å². The standard InChI is InChI=1S/C16H27NO2/c1-4-15(17)12-18-9-6-10-19-16-8-5-7-14(11-16)13(2)3/h5,7-8,11,13,15H,4,6,9-10,12,17H2,1-3H3. The highest BCUT2D eigenvalue weighted by atomic mass is 16.5. The number of hydrogen-bond donors (Lipinski definition) is 1. The molecule has 0 saturated carbocycles. The van der Waals surface area contributed by atoms with Crippen molar-refractivity contribution in [2.45, 2.75) is 45.6 Å². The summed E-state index contributed by atoms with van der Waals surface area (Å²) >= 11 is 0. The van der Waals surface area contributed by atoms with Gasteiger partial charge in [0.2, 0.25) is 0 Å². The molecule has 108 valence electrons. The van der Waals surface area contributed by atoms with E-state index in [2.05, 4.69) is 32.9 Å². The van der Waals surface area contributed by atoms with E-state index in [1.165, 1.54) is 5.56 Å². The van der Waals surface area contributed by atoms with Crippen molar-refractivity contribution in [2.24, 2.45) is 5.73 Å². The third kappa shape index (κ3) is 6.60. The van der Waals surface area contributed by atoms with E-state index in [1.807, 2.05) is 12.1 Å². The first-order valence-electron chi connectivity index (χ1n) is 7.19. The van der Waals surface area contributed by atoms with Gasteiger partial charge in [-0.1, -0.05) is 32.9 Å². The molecule has 0 aliphatic rings. The van der Waals surface area contributed by atoms with Gasteiger partial charge in [-0.25, -0.2) is 0 Å². The van der Waals surface area contributed by atoms with E-state index in [0.29, 0.717) is 25.7 Å². The van der Waals surface area contributed by atoms with Gasteiger partial charge >= 0.3 is 0 Å². The molecule has 0 spiro atoms. The van der Waals surface area contributed by atoms with Crippen LogP contribution in [0.2, 0.25) is 0 Å². The fourth-order valence-corrected chi connectivity index (χ4v) is 1.67. The van der Waals surface area contributed by atoms with Crippen LogP contribution in [0.3, 0.4) is 0 Å². The van der Waals surface area contributed by atoms with Crippen LogP contribution in [-0.2, 0) is 4.74 Å². The Bertz CT molecular complexity index is 352. The third-order valence-corrected chi connectivity index (χ3v) is 3.08. The van der Waals surface area contributed by atoms with Crippen molar-refractivity contribution in [1.29, 1.82) is 0 Å². The molecule has 0 heterocycles. The monoisotopic (exact) mass is 265 g/mol. The minimum absolute atomic E-state index is 0.156. The smallest absolute Gasteiger partial charge is 0.119 e. The highest BCUT2D eigenvalue weighted by molar-refractivity contribution is 5.30. The van der Waals surface area contributed by atoms with E-state index in [9.17, 15) is 0 Å². The molecule has 1 unspecified atom stereocenters. The maximum Gasteiger partial charge on any atom is 0.119 e. The van der Waals surface area contributed by atoms with Gasteiger partial charge < -0.3 is 15.2 Å². The highest BCUT2D eigenvalue weighted by Gasteiger charge is 2.01. The average Bonchev–Trinajstić information content (AvgIpc) is 2.42.